The molecular weight excluding hydrogens is 263 g/mol. The Balaban J connectivity index is 0. The Bertz CT molecular complexity index is 253. The molecule has 19 heavy (non-hydrogen) atoms. The summed E-state index contributed by atoms with van der Waals surface area (Å²) in [5, 5.41) is 12.7. The van der Waals surface area contributed by atoms with E-state index in [0.717, 1.165) is 0 Å². The molecule has 0 bridgehead atoms. The molecule has 0 aliphatic heterocycles. The summed E-state index contributed by atoms with van der Waals surface area (Å²) in [6, 6.07) is -1.06. The van der Waals surface area contributed by atoms with Gasteiger partial charge in [-0.25, -0.2) is 5.73 Å². The Morgan fingerprint density at radius 3 is 2.58 bits per heavy atom. The third-order valence-corrected chi connectivity index (χ3v) is 2.15. The first-order valence-electron chi connectivity index (χ1n) is 5.83. The number of hydrogen-bond acceptors (Lipinski definition) is 5. The van der Waals surface area contributed by atoms with Gasteiger partial charge in [-0.1, -0.05) is 0 Å². The largest absolute Gasteiger partial charge is 1.00 e. The van der Waals surface area contributed by atoms with E-state index in [0.29, 0.717) is 32.8 Å². The Labute approximate surface area is 135 Å². The molecule has 0 heterocycles. The number of ether oxygens (including phenoxy) is 2. The molecular formula is C11H20N2NaO5. The van der Waals surface area contributed by atoms with E-state index in [-0.39, 0.29) is 42.4 Å². The molecule has 0 saturated heterocycles. The van der Waals surface area contributed by atoms with Crippen molar-refractivity contribution in [2.45, 2.75) is 25.3 Å². The van der Waals surface area contributed by atoms with Crippen LogP contribution in [0, 0.1) is 0 Å². The molecule has 105 valence electrons. The average Bonchev–Trinajstić information content (AvgIpc) is 2.34. The van der Waals surface area contributed by atoms with Gasteiger partial charge in [0.05, 0.1) is 13.2 Å². The fraction of sp³-hybridized carbons (Fsp3) is 0.818. The Kier molecular flexibility index (Phi) is 15.8. The van der Waals surface area contributed by atoms with Crippen molar-refractivity contribution in [3.63, 3.8) is 0 Å². The van der Waals surface area contributed by atoms with Crippen molar-refractivity contribution < 1.29 is 53.7 Å². The monoisotopic (exact) mass is 283 g/mol. The number of carbonyl (C=O) groups is 2. The van der Waals surface area contributed by atoms with Crippen molar-refractivity contribution in [1.82, 2.24) is 11.1 Å². The van der Waals surface area contributed by atoms with E-state index in [1.54, 1.807) is 7.11 Å². The van der Waals surface area contributed by atoms with Crippen LogP contribution >= 0.6 is 0 Å². The molecule has 8 heteroatoms. The zero-order valence-electron chi connectivity index (χ0n) is 11.6. The zero-order valence-corrected chi connectivity index (χ0v) is 13.6. The number of nitrogens with one attached hydrogen (secondary N) is 2. The number of amides is 1. The van der Waals surface area contributed by atoms with Crippen molar-refractivity contribution in [2.24, 2.45) is 0 Å². The van der Waals surface area contributed by atoms with E-state index in [9.17, 15) is 14.7 Å². The van der Waals surface area contributed by atoms with Gasteiger partial charge >= 0.3 is 29.6 Å². The second-order valence-electron chi connectivity index (χ2n) is 3.71. The number of carboxylic acids is 1. The summed E-state index contributed by atoms with van der Waals surface area (Å²) in [6.07, 6.45) is 0.336. The maximum atomic E-state index is 11.3. The number of carboxylic acid groups (broad SMARTS) is 1. The second kappa shape index (κ2) is 14.2. The molecule has 0 aromatic carbocycles. The van der Waals surface area contributed by atoms with Crippen LogP contribution in [0.15, 0.2) is 0 Å². The minimum atomic E-state index is -1.24. The summed E-state index contributed by atoms with van der Waals surface area (Å²) in [6.45, 7) is 1.96. The van der Waals surface area contributed by atoms with Gasteiger partial charge < -0.3 is 24.7 Å². The summed E-state index contributed by atoms with van der Waals surface area (Å²) >= 11 is 0. The third kappa shape index (κ3) is 14.0. The molecule has 1 amide bonds. The van der Waals surface area contributed by atoms with E-state index in [1.807, 2.05) is 0 Å². The van der Waals surface area contributed by atoms with Crippen LogP contribution in [0.4, 0.5) is 0 Å². The van der Waals surface area contributed by atoms with Crippen LogP contribution in [-0.4, -0.2) is 51.4 Å². The van der Waals surface area contributed by atoms with Gasteiger partial charge in [0.25, 0.3) is 0 Å². The van der Waals surface area contributed by atoms with Crippen LogP contribution in [0.25, 0.3) is 0 Å². The molecule has 0 spiro atoms. The van der Waals surface area contributed by atoms with Gasteiger partial charge in [0.15, 0.2) is 0 Å². The zero-order chi connectivity index (χ0) is 13.8. The fourth-order valence-corrected chi connectivity index (χ4v) is 1.15. The number of hydrogen-bond donors (Lipinski definition) is 1. The molecule has 0 aromatic heterocycles. The Hall–Kier alpha value is -0.180. The predicted octanol–water partition coefficient (Wildman–Crippen LogP) is -4.66. The van der Waals surface area contributed by atoms with Crippen molar-refractivity contribution in [2.75, 3.05) is 33.5 Å². The molecule has 0 aliphatic rings. The number of methoxy groups -OCH3 is 1. The summed E-state index contributed by atoms with van der Waals surface area (Å²) in [5.74, 6) is -1.71. The number of carbonyl (C=O) groups excluding carboxylic acids is 2. The molecule has 1 radical (unpaired) electrons. The van der Waals surface area contributed by atoms with Crippen LogP contribution in [0.3, 0.4) is 0 Å². The van der Waals surface area contributed by atoms with Gasteiger partial charge in [-0.2, -0.15) is 0 Å². The summed E-state index contributed by atoms with van der Waals surface area (Å²) in [7, 11) is 1.59. The molecule has 7 nitrogen and oxygen atoms in total. The van der Waals surface area contributed by atoms with Gasteiger partial charge in [-0.15, -0.1) is 0 Å². The van der Waals surface area contributed by atoms with Crippen molar-refractivity contribution in [3.8, 4) is 0 Å². The molecule has 2 N–H and O–H groups in total. The van der Waals surface area contributed by atoms with Crippen LogP contribution in [0.5, 0.6) is 0 Å². The van der Waals surface area contributed by atoms with E-state index < -0.39 is 17.9 Å². The first kappa shape index (κ1) is 21.1. The molecule has 1 atom stereocenters. The van der Waals surface area contributed by atoms with Gasteiger partial charge in [-0.3, -0.25) is 4.79 Å². The SMILES string of the molecule is COCCOCCCNC(=O)C([NH])CCC(=O)[O-].[Na+]. The van der Waals surface area contributed by atoms with Crippen LogP contribution < -0.4 is 45.7 Å². The molecule has 0 rings (SSSR count). The Morgan fingerprint density at radius 2 is 2.00 bits per heavy atom. The van der Waals surface area contributed by atoms with Crippen LogP contribution in [-0.2, 0) is 19.1 Å². The van der Waals surface area contributed by atoms with Gasteiger partial charge in [-0.05, 0) is 19.3 Å². The first-order chi connectivity index (χ1) is 8.57. The summed E-state index contributed by atoms with van der Waals surface area (Å²) in [4.78, 5) is 21.5. The normalized spacial score (nSPS) is 11.5. The molecule has 0 fully saturated rings. The van der Waals surface area contributed by atoms with Gasteiger partial charge in [0, 0.05) is 26.2 Å². The number of aliphatic carboxylic acids is 1. The fourth-order valence-electron chi connectivity index (χ4n) is 1.15. The maximum Gasteiger partial charge on any atom is 1.00 e. The topological polar surface area (TPSA) is 111 Å². The van der Waals surface area contributed by atoms with Crippen molar-refractivity contribution >= 4 is 11.9 Å². The summed E-state index contributed by atoms with van der Waals surface area (Å²) < 4.78 is 9.98. The number of rotatable bonds is 11. The second-order valence-corrected chi connectivity index (χ2v) is 3.71. The van der Waals surface area contributed by atoms with E-state index in [1.165, 1.54) is 0 Å². The third-order valence-electron chi connectivity index (χ3n) is 2.15. The molecule has 0 aliphatic carbocycles. The molecule has 0 saturated carbocycles. The van der Waals surface area contributed by atoms with Gasteiger partial charge in [0.2, 0.25) is 5.91 Å². The first-order valence-corrected chi connectivity index (χ1v) is 5.83. The van der Waals surface area contributed by atoms with E-state index >= 15 is 0 Å². The van der Waals surface area contributed by atoms with Crippen LogP contribution in [0.1, 0.15) is 19.3 Å². The standard InChI is InChI=1S/C11H21N2O5.Na/c1-17-7-8-18-6-2-5-13-11(16)9(12)3-4-10(14)15;/h9,12H,2-8H2,1H3,(H,13,16)(H,14,15);/q;+1/p-1. The minimum absolute atomic E-state index is 0. The minimum Gasteiger partial charge on any atom is -0.550 e. The average molecular weight is 283 g/mol. The van der Waals surface area contributed by atoms with Gasteiger partial charge in [0.1, 0.15) is 6.04 Å². The van der Waals surface area contributed by atoms with Crippen LogP contribution in [0.2, 0.25) is 0 Å². The van der Waals surface area contributed by atoms with E-state index in [2.05, 4.69) is 5.32 Å². The molecule has 1 unspecified atom stereocenters. The predicted molar refractivity (Wildman–Crippen MR) is 61.4 cm³/mol. The Morgan fingerprint density at radius 1 is 1.32 bits per heavy atom. The smallest absolute Gasteiger partial charge is 0.550 e. The quantitative estimate of drug-likeness (QED) is 0.303. The van der Waals surface area contributed by atoms with Crippen molar-refractivity contribution in [3.05, 3.63) is 0 Å². The van der Waals surface area contributed by atoms with E-state index in [4.69, 9.17) is 15.2 Å². The summed E-state index contributed by atoms with van der Waals surface area (Å²) in [5.41, 5.74) is 7.39. The molecule has 0 aromatic rings. The maximum absolute atomic E-state index is 11.3. The van der Waals surface area contributed by atoms with Crippen molar-refractivity contribution in [1.29, 1.82) is 0 Å².